The molecule has 0 aliphatic carbocycles. The number of hydrogen-bond acceptors (Lipinski definition) is 3. The minimum absolute atomic E-state index is 0.729. The van der Waals surface area contributed by atoms with E-state index >= 15 is 0 Å². The lowest BCUT2D eigenvalue weighted by Gasteiger charge is -2.24. The molecule has 0 aromatic rings. The Morgan fingerprint density at radius 3 is 2.00 bits per heavy atom. The molecule has 0 fully saturated rings. The van der Waals surface area contributed by atoms with Crippen molar-refractivity contribution in [3.05, 3.63) is 0 Å². The number of carbonyl (C=O) groups is 2. The van der Waals surface area contributed by atoms with Gasteiger partial charge in [0.15, 0.2) is 6.10 Å². The van der Waals surface area contributed by atoms with Crippen LogP contribution in [0.3, 0.4) is 0 Å². The van der Waals surface area contributed by atoms with Gasteiger partial charge >= 0.3 is 12.1 Å². The minimum Gasteiger partial charge on any atom is -0.480 e. The largest absolute Gasteiger partial charge is 0.480 e. The van der Waals surface area contributed by atoms with Gasteiger partial charge in [-0.25, -0.2) is 0 Å². The van der Waals surface area contributed by atoms with Crippen molar-refractivity contribution < 1.29 is 33.0 Å². The summed E-state index contributed by atoms with van der Waals surface area (Å²) in [4.78, 5) is 21.2. The van der Waals surface area contributed by atoms with Gasteiger partial charge < -0.3 is 15.9 Å². The van der Waals surface area contributed by atoms with Crippen molar-refractivity contribution in [1.82, 2.24) is 0 Å². The highest BCUT2D eigenvalue weighted by atomic mass is 19.4. The first-order valence-corrected chi connectivity index (χ1v) is 3.80. The van der Waals surface area contributed by atoms with Gasteiger partial charge in [0.25, 0.3) is 0 Å². The number of aliphatic carboxylic acids is 1. The first-order chi connectivity index (χ1) is 6.51. The Balaban J connectivity index is 4.87. The lowest BCUT2D eigenvalue weighted by molar-refractivity contribution is -0.213. The number of carbonyl (C=O) groups excluding carboxylic acids is 1. The highest BCUT2D eigenvalue weighted by Gasteiger charge is 2.48. The zero-order valence-corrected chi connectivity index (χ0v) is 7.71. The summed E-state index contributed by atoms with van der Waals surface area (Å²) in [6, 6.07) is 0. The van der Waals surface area contributed by atoms with Gasteiger partial charge in [0.2, 0.25) is 5.91 Å². The quantitative estimate of drug-likeness (QED) is 0.585. The van der Waals surface area contributed by atoms with Crippen LogP contribution in [0.4, 0.5) is 13.2 Å². The third-order valence-electron chi connectivity index (χ3n) is 2.00. The van der Waals surface area contributed by atoms with Crippen LogP contribution in [0.2, 0.25) is 0 Å². The summed E-state index contributed by atoms with van der Waals surface area (Å²) in [5.41, 5.74) is 2.23. The fourth-order valence-corrected chi connectivity index (χ4v) is 0.796. The molecule has 0 bridgehead atoms. The molecule has 0 saturated carbocycles. The SMILES string of the molecule is CC(CC(O)C(F)(F)F)(C(N)=O)C(=O)O. The van der Waals surface area contributed by atoms with Gasteiger partial charge in [0.1, 0.15) is 5.41 Å². The number of carboxylic acids is 1. The number of carboxylic acid groups (broad SMARTS) is 1. The maximum absolute atomic E-state index is 11.9. The monoisotopic (exact) mass is 229 g/mol. The van der Waals surface area contributed by atoms with E-state index in [2.05, 4.69) is 5.73 Å². The number of aliphatic hydroxyl groups is 1. The van der Waals surface area contributed by atoms with E-state index in [4.69, 9.17) is 10.2 Å². The molecule has 0 radical (unpaired) electrons. The molecule has 8 heteroatoms. The molecule has 1 amide bonds. The van der Waals surface area contributed by atoms with Crippen LogP contribution in [0.1, 0.15) is 13.3 Å². The minimum atomic E-state index is -4.98. The van der Waals surface area contributed by atoms with Crippen LogP contribution in [0.5, 0.6) is 0 Å². The number of aliphatic hydroxyl groups excluding tert-OH is 1. The lowest BCUT2D eigenvalue weighted by atomic mass is 9.83. The van der Waals surface area contributed by atoms with Gasteiger partial charge in [-0.1, -0.05) is 0 Å². The molecular formula is C7H10F3NO4. The molecular weight excluding hydrogens is 219 g/mol. The van der Waals surface area contributed by atoms with Crippen molar-refractivity contribution in [2.45, 2.75) is 25.6 Å². The molecule has 0 aliphatic heterocycles. The van der Waals surface area contributed by atoms with E-state index in [1.54, 1.807) is 0 Å². The molecule has 0 aromatic carbocycles. The third-order valence-corrected chi connectivity index (χ3v) is 2.00. The van der Waals surface area contributed by atoms with Crippen LogP contribution in [0.25, 0.3) is 0 Å². The Labute approximate surface area is 82.7 Å². The topological polar surface area (TPSA) is 101 Å². The summed E-state index contributed by atoms with van der Waals surface area (Å²) in [7, 11) is 0. The zero-order chi connectivity index (χ0) is 12.4. The Bertz CT molecular complexity index is 262. The summed E-state index contributed by atoms with van der Waals surface area (Å²) < 4.78 is 35.7. The number of primary amides is 1. The van der Waals surface area contributed by atoms with Crippen LogP contribution in [0.15, 0.2) is 0 Å². The van der Waals surface area contributed by atoms with Crippen molar-refractivity contribution in [2.75, 3.05) is 0 Å². The van der Waals surface area contributed by atoms with Crippen LogP contribution in [0, 0.1) is 5.41 Å². The second-order valence-corrected chi connectivity index (χ2v) is 3.26. The molecule has 15 heavy (non-hydrogen) atoms. The van der Waals surface area contributed by atoms with E-state index in [0.717, 1.165) is 6.92 Å². The first-order valence-electron chi connectivity index (χ1n) is 3.80. The van der Waals surface area contributed by atoms with Crippen LogP contribution < -0.4 is 5.73 Å². The predicted molar refractivity (Wildman–Crippen MR) is 41.6 cm³/mol. The van der Waals surface area contributed by atoms with Crippen molar-refractivity contribution in [2.24, 2.45) is 11.1 Å². The van der Waals surface area contributed by atoms with E-state index in [9.17, 15) is 22.8 Å². The van der Waals surface area contributed by atoms with Gasteiger partial charge in [-0.15, -0.1) is 0 Å². The van der Waals surface area contributed by atoms with Crippen LogP contribution in [-0.4, -0.2) is 34.4 Å². The maximum Gasteiger partial charge on any atom is 0.414 e. The molecule has 2 unspecified atom stereocenters. The fourth-order valence-electron chi connectivity index (χ4n) is 0.796. The Morgan fingerprint density at radius 1 is 1.40 bits per heavy atom. The molecule has 0 aromatic heterocycles. The summed E-state index contributed by atoms with van der Waals surface area (Å²) in [6.07, 6.45) is -9.18. The number of hydrogen-bond donors (Lipinski definition) is 3. The van der Waals surface area contributed by atoms with E-state index in [1.807, 2.05) is 0 Å². The van der Waals surface area contributed by atoms with Gasteiger partial charge in [-0.3, -0.25) is 9.59 Å². The van der Waals surface area contributed by atoms with Crippen molar-refractivity contribution in [3.8, 4) is 0 Å². The molecule has 5 nitrogen and oxygen atoms in total. The van der Waals surface area contributed by atoms with Crippen molar-refractivity contribution >= 4 is 11.9 Å². The molecule has 88 valence electrons. The Morgan fingerprint density at radius 2 is 1.80 bits per heavy atom. The summed E-state index contributed by atoms with van der Waals surface area (Å²) in [6.45, 7) is 0.729. The molecule has 0 aliphatic rings. The average molecular weight is 229 g/mol. The lowest BCUT2D eigenvalue weighted by Crippen LogP contribution is -2.46. The summed E-state index contributed by atoms with van der Waals surface area (Å²) in [5, 5.41) is 17.2. The molecule has 0 spiro atoms. The highest BCUT2D eigenvalue weighted by molar-refractivity contribution is 6.00. The normalized spacial score (nSPS) is 17.9. The number of nitrogens with two attached hydrogens (primary N) is 1. The van der Waals surface area contributed by atoms with Crippen molar-refractivity contribution in [3.63, 3.8) is 0 Å². The number of rotatable bonds is 4. The van der Waals surface area contributed by atoms with Crippen LogP contribution in [-0.2, 0) is 9.59 Å². The summed E-state index contributed by atoms with van der Waals surface area (Å²) >= 11 is 0. The van der Waals surface area contributed by atoms with Gasteiger partial charge in [-0.05, 0) is 6.92 Å². The molecule has 0 heterocycles. The first kappa shape index (κ1) is 13.7. The van der Waals surface area contributed by atoms with Crippen LogP contribution >= 0.6 is 0 Å². The third kappa shape index (κ3) is 3.08. The van der Waals surface area contributed by atoms with Gasteiger partial charge in [0.05, 0.1) is 0 Å². The Kier molecular flexibility index (Phi) is 3.70. The summed E-state index contributed by atoms with van der Waals surface area (Å²) in [5.74, 6) is -3.24. The molecule has 0 rings (SSSR count). The second kappa shape index (κ2) is 4.05. The molecule has 4 N–H and O–H groups in total. The number of alkyl halides is 3. The van der Waals surface area contributed by atoms with E-state index in [1.165, 1.54) is 0 Å². The second-order valence-electron chi connectivity index (χ2n) is 3.26. The maximum atomic E-state index is 11.9. The van der Waals surface area contributed by atoms with E-state index < -0.39 is 36.0 Å². The average Bonchev–Trinajstić information content (AvgIpc) is 2.01. The molecule has 0 saturated heterocycles. The fraction of sp³-hybridized carbons (Fsp3) is 0.714. The Hall–Kier alpha value is -1.31. The van der Waals surface area contributed by atoms with Gasteiger partial charge in [-0.2, -0.15) is 13.2 Å². The predicted octanol–water partition coefficient (Wildman–Crippen LogP) is -0.124. The highest BCUT2D eigenvalue weighted by Crippen LogP contribution is 2.31. The van der Waals surface area contributed by atoms with Crippen molar-refractivity contribution in [1.29, 1.82) is 0 Å². The molecule has 2 atom stereocenters. The van der Waals surface area contributed by atoms with E-state index in [0.29, 0.717) is 0 Å². The van der Waals surface area contributed by atoms with Gasteiger partial charge in [0, 0.05) is 6.42 Å². The standard InChI is InChI=1S/C7H10F3NO4/c1-6(4(11)13,5(14)15)2-3(12)7(8,9)10/h3,12H,2H2,1H3,(H2,11,13)(H,14,15). The smallest absolute Gasteiger partial charge is 0.414 e. The zero-order valence-electron chi connectivity index (χ0n) is 7.71. The van der Waals surface area contributed by atoms with E-state index in [-0.39, 0.29) is 0 Å². The number of amides is 1. The number of halogens is 3.